The molecule has 1 aromatic heterocycles. The van der Waals surface area contributed by atoms with Gasteiger partial charge in [0.05, 0.1) is 0 Å². The predicted molar refractivity (Wildman–Crippen MR) is 47.3 cm³/mol. The molecular formula is C7H12N6O. The highest BCUT2D eigenvalue weighted by Crippen LogP contribution is 2.09. The SMILES string of the molecule is NC1CCCN(C(=O)c2nn[nH]n2)C1. The molecule has 1 aliphatic heterocycles. The van der Waals surface area contributed by atoms with Gasteiger partial charge in [0, 0.05) is 19.1 Å². The number of tetrazole rings is 1. The summed E-state index contributed by atoms with van der Waals surface area (Å²) >= 11 is 0. The molecule has 0 saturated carbocycles. The Morgan fingerprint density at radius 3 is 3.14 bits per heavy atom. The van der Waals surface area contributed by atoms with Crippen molar-refractivity contribution >= 4 is 5.91 Å². The molecule has 7 heteroatoms. The first-order valence-corrected chi connectivity index (χ1v) is 4.55. The molecule has 0 bridgehead atoms. The van der Waals surface area contributed by atoms with Gasteiger partial charge >= 0.3 is 0 Å². The summed E-state index contributed by atoms with van der Waals surface area (Å²) in [5, 5.41) is 12.9. The molecule has 3 N–H and O–H groups in total. The molecule has 1 aromatic rings. The number of nitrogens with two attached hydrogens (primary N) is 1. The summed E-state index contributed by atoms with van der Waals surface area (Å²) in [6, 6.07) is 0.0691. The summed E-state index contributed by atoms with van der Waals surface area (Å²) in [6.45, 7) is 1.30. The highest BCUT2D eigenvalue weighted by atomic mass is 16.2. The maximum atomic E-state index is 11.7. The Hall–Kier alpha value is -1.50. The zero-order valence-electron chi connectivity index (χ0n) is 7.68. The quantitative estimate of drug-likeness (QED) is 0.585. The lowest BCUT2D eigenvalue weighted by Gasteiger charge is -2.29. The number of aromatic amines is 1. The summed E-state index contributed by atoms with van der Waals surface area (Å²) in [6.07, 6.45) is 1.90. The third-order valence-electron chi connectivity index (χ3n) is 2.28. The molecule has 1 fully saturated rings. The van der Waals surface area contributed by atoms with Gasteiger partial charge in [-0.3, -0.25) is 4.79 Å². The van der Waals surface area contributed by atoms with Gasteiger partial charge in [-0.25, -0.2) is 0 Å². The standard InChI is InChI=1S/C7H12N6O/c8-5-2-1-3-13(4-5)7(14)6-9-11-12-10-6/h5H,1-4,8H2,(H,9,10,11,12). The van der Waals surface area contributed by atoms with Gasteiger partial charge in [0.1, 0.15) is 0 Å². The van der Waals surface area contributed by atoms with E-state index in [0.29, 0.717) is 6.54 Å². The third-order valence-corrected chi connectivity index (χ3v) is 2.28. The van der Waals surface area contributed by atoms with Crippen LogP contribution in [-0.2, 0) is 0 Å². The molecule has 0 spiro atoms. The van der Waals surface area contributed by atoms with Crippen LogP contribution in [0.2, 0.25) is 0 Å². The molecule has 1 amide bonds. The Morgan fingerprint density at radius 2 is 2.50 bits per heavy atom. The monoisotopic (exact) mass is 196 g/mol. The van der Waals surface area contributed by atoms with Crippen LogP contribution in [0.25, 0.3) is 0 Å². The summed E-state index contributed by atoms with van der Waals surface area (Å²) < 4.78 is 0. The fourth-order valence-electron chi connectivity index (χ4n) is 1.59. The summed E-state index contributed by atoms with van der Waals surface area (Å²) in [4.78, 5) is 13.4. The van der Waals surface area contributed by atoms with E-state index in [1.54, 1.807) is 4.90 Å². The van der Waals surface area contributed by atoms with Crippen LogP contribution in [0.15, 0.2) is 0 Å². The van der Waals surface area contributed by atoms with Gasteiger partial charge in [0.15, 0.2) is 0 Å². The Morgan fingerprint density at radius 1 is 1.64 bits per heavy atom. The van der Waals surface area contributed by atoms with E-state index in [9.17, 15) is 4.79 Å². The molecule has 2 heterocycles. The highest BCUT2D eigenvalue weighted by Gasteiger charge is 2.24. The molecule has 1 saturated heterocycles. The van der Waals surface area contributed by atoms with E-state index in [0.717, 1.165) is 19.4 Å². The van der Waals surface area contributed by atoms with Crippen molar-refractivity contribution in [3.63, 3.8) is 0 Å². The number of carbonyl (C=O) groups is 1. The predicted octanol–water partition coefficient (Wildman–Crippen LogP) is -1.24. The molecule has 1 aliphatic rings. The second-order valence-corrected chi connectivity index (χ2v) is 3.39. The van der Waals surface area contributed by atoms with Crippen molar-refractivity contribution in [2.24, 2.45) is 5.73 Å². The number of amides is 1. The van der Waals surface area contributed by atoms with E-state index in [1.165, 1.54) is 0 Å². The smallest absolute Gasteiger partial charge is 0.295 e. The van der Waals surface area contributed by atoms with E-state index >= 15 is 0 Å². The number of hydrogen-bond donors (Lipinski definition) is 2. The van der Waals surface area contributed by atoms with Gasteiger partial charge < -0.3 is 10.6 Å². The van der Waals surface area contributed by atoms with Crippen molar-refractivity contribution in [2.45, 2.75) is 18.9 Å². The Kier molecular flexibility index (Phi) is 2.40. The zero-order chi connectivity index (χ0) is 9.97. The van der Waals surface area contributed by atoms with Crippen LogP contribution in [-0.4, -0.2) is 50.6 Å². The average molecular weight is 196 g/mol. The molecule has 1 atom stereocenters. The Balaban J connectivity index is 2.04. The number of H-pyrrole nitrogens is 1. The largest absolute Gasteiger partial charge is 0.334 e. The van der Waals surface area contributed by atoms with Gasteiger partial charge in [-0.1, -0.05) is 0 Å². The highest BCUT2D eigenvalue weighted by molar-refractivity contribution is 5.90. The summed E-state index contributed by atoms with van der Waals surface area (Å²) in [5.74, 6) is -0.0898. The minimum atomic E-state index is -0.200. The molecule has 7 nitrogen and oxygen atoms in total. The Labute approximate surface area is 80.6 Å². The van der Waals surface area contributed by atoms with Crippen molar-refractivity contribution in [1.82, 2.24) is 25.5 Å². The summed E-state index contributed by atoms with van der Waals surface area (Å²) in [5.41, 5.74) is 5.76. The number of piperidine rings is 1. The topological polar surface area (TPSA) is 101 Å². The number of nitrogens with zero attached hydrogens (tertiary/aromatic N) is 4. The van der Waals surface area contributed by atoms with Crippen LogP contribution in [0.4, 0.5) is 0 Å². The molecule has 76 valence electrons. The number of aromatic nitrogens is 4. The second kappa shape index (κ2) is 3.70. The molecule has 0 radical (unpaired) electrons. The van der Waals surface area contributed by atoms with E-state index in [4.69, 9.17) is 5.73 Å². The fraction of sp³-hybridized carbons (Fsp3) is 0.714. The lowest BCUT2D eigenvalue weighted by molar-refractivity contribution is 0.0696. The number of rotatable bonds is 1. The third kappa shape index (κ3) is 1.72. The minimum absolute atomic E-state index is 0.0691. The lowest BCUT2D eigenvalue weighted by atomic mass is 10.1. The second-order valence-electron chi connectivity index (χ2n) is 3.39. The maximum Gasteiger partial charge on any atom is 0.295 e. The van der Waals surface area contributed by atoms with E-state index in [1.807, 2.05) is 0 Å². The first kappa shape index (κ1) is 9.07. The van der Waals surface area contributed by atoms with Crippen LogP contribution in [0, 0.1) is 0 Å². The van der Waals surface area contributed by atoms with Crippen LogP contribution >= 0.6 is 0 Å². The van der Waals surface area contributed by atoms with Crippen LogP contribution in [0.1, 0.15) is 23.5 Å². The number of carbonyl (C=O) groups excluding carboxylic acids is 1. The lowest BCUT2D eigenvalue weighted by Crippen LogP contribution is -2.46. The average Bonchev–Trinajstić information content (AvgIpc) is 2.69. The fourth-order valence-corrected chi connectivity index (χ4v) is 1.59. The van der Waals surface area contributed by atoms with Crippen LogP contribution in [0.3, 0.4) is 0 Å². The number of nitrogens with one attached hydrogen (secondary N) is 1. The zero-order valence-corrected chi connectivity index (χ0v) is 7.68. The van der Waals surface area contributed by atoms with Crippen molar-refractivity contribution in [2.75, 3.05) is 13.1 Å². The van der Waals surface area contributed by atoms with Crippen molar-refractivity contribution in [3.05, 3.63) is 5.82 Å². The number of likely N-dealkylation sites (tertiary alicyclic amines) is 1. The van der Waals surface area contributed by atoms with Gasteiger partial charge in [-0.2, -0.15) is 5.21 Å². The van der Waals surface area contributed by atoms with Gasteiger partial charge in [-0.15, -0.1) is 10.2 Å². The van der Waals surface area contributed by atoms with E-state index < -0.39 is 0 Å². The van der Waals surface area contributed by atoms with E-state index in [-0.39, 0.29) is 17.8 Å². The molecular weight excluding hydrogens is 184 g/mol. The van der Waals surface area contributed by atoms with Gasteiger partial charge in [0.25, 0.3) is 11.7 Å². The molecule has 0 aromatic carbocycles. The minimum Gasteiger partial charge on any atom is -0.334 e. The van der Waals surface area contributed by atoms with Crippen molar-refractivity contribution in [1.29, 1.82) is 0 Å². The van der Waals surface area contributed by atoms with Crippen molar-refractivity contribution < 1.29 is 4.79 Å². The summed E-state index contributed by atoms with van der Waals surface area (Å²) in [7, 11) is 0. The molecule has 1 unspecified atom stereocenters. The van der Waals surface area contributed by atoms with Gasteiger partial charge in [-0.05, 0) is 18.1 Å². The molecule has 2 rings (SSSR count). The van der Waals surface area contributed by atoms with Crippen LogP contribution in [0.5, 0.6) is 0 Å². The molecule has 0 aliphatic carbocycles. The first-order valence-electron chi connectivity index (χ1n) is 4.55. The maximum absolute atomic E-state index is 11.7. The first-order chi connectivity index (χ1) is 6.77. The Bertz CT molecular complexity index is 310. The molecule has 14 heavy (non-hydrogen) atoms. The van der Waals surface area contributed by atoms with E-state index in [2.05, 4.69) is 20.6 Å². The number of hydrogen-bond acceptors (Lipinski definition) is 5. The van der Waals surface area contributed by atoms with Crippen molar-refractivity contribution in [3.8, 4) is 0 Å². The van der Waals surface area contributed by atoms with Crippen LogP contribution < -0.4 is 5.73 Å². The normalized spacial score (nSPS) is 22.4. The van der Waals surface area contributed by atoms with Gasteiger partial charge in [0.2, 0.25) is 0 Å².